The number of thiophene rings is 1. The van der Waals surface area contributed by atoms with Crippen molar-refractivity contribution in [2.24, 2.45) is 0 Å². The standard InChI is InChI=1S/C12H7BrS/c13-12-9-14-8-11(12)7-6-10-4-2-1-3-5-10/h1-5,8-9H. The number of hydrogen-bond donors (Lipinski definition) is 0. The van der Waals surface area contributed by atoms with Gasteiger partial charge in [-0.1, -0.05) is 30.0 Å². The van der Waals surface area contributed by atoms with E-state index in [0.29, 0.717) is 0 Å². The summed E-state index contributed by atoms with van der Waals surface area (Å²) in [6.07, 6.45) is 0. The second-order valence-corrected chi connectivity index (χ2v) is 4.35. The molecule has 0 nitrogen and oxygen atoms in total. The molecule has 2 aromatic rings. The van der Waals surface area contributed by atoms with Crippen LogP contribution in [0.15, 0.2) is 45.6 Å². The van der Waals surface area contributed by atoms with Crippen molar-refractivity contribution in [1.29, 1.82) is 0 Å². The molecule has 1 aromatic heterocycles. The molecule has 68 valence electrons. The van der Waals surface area contributed by atoms with E-state index in [1.54, 1.807) is 11.3 Å². The molecule has 0 fully saturated rings. The van der Waals surface area contributed by atoms with Crippen LogP contribution in [0.2, 0.25) is 0 Å². The smallest absolute Gasteiger partial charge is 0.0498 e. The van der Waals surface area contributed by atoms with E-state index >= 15 is 0 Å². The van der Waals surface area contributed by atoms with Crippen molar-refractivity contribution in [3.63, 3.8) is 0 Å². The van der Waals surface area contributed by atoms with E-state index in [9.17, 15) is 0 Å². The Morgan fingerprint density at radius 3 is 2.43 bits per heavy atom. The monoisotopic (exact) mass is 262 g/mol. The third kappa shape index (κ3) is 2.25. The molecule has 2 heteroatoms. The third-order valence-electron chi connectivity index (χ3n) is 1.73. The Hall–Kier alpha value is -1.04. The molecule has 1 aromatic carbocycles. The van der Waals surface area contributed by atoms with Gasteiger partial charge < -0.3 is 0 Å². The molecule has 0 saturated carbocycles. The Kier molecular flexibility index (Phi) is 3.03. The summed E-state index contributed by atoms with van der Waals surface area (Å²) in [4.78, 5) is 0. The number of halogens is 1. The number of hydrogen-bond acceptors (Lipinski definition) is 1. The van der Waals surface area contributed by atoms with Crippen LogP contribution in [0.5, 0.6) is 0 Å². The van der Waals surface area contributed by atoms with Gasteiger partial charge in [0.1, 0.15) is 0 Å². The molecule has 1 heterocycles. The highest BCUT2D eigenvalue weighted by Gasteiger charge is 1.94. The van der Waals surface area contributed by atoms with Gasteiger partial charge in [0.25, 0.3) is 0 Å². The summed E-state index contributed by atoms with van der Waals surface area (Å²) >= 11 is 5.10. The fraction of sp³-hybridized carbons (Fsp3) is 0. The van der Waals surface area contributed by atoms with Gasteiger partial charge in [0, 0.05) is 26.4 Å². The topological polar surface area (TPSA) is 0 Å². The van der Waals surface area contributed by atoms with Crippen LogP contribution in [0, 0.1) is 11.8 Å². The molecule has 0 saturated heterocycles. The van der Waals surface area contributed by atoms with Crippen LogP contribution in [0.1, 0.15) is 11.1 Å². The largest absolute Gasteiger partial charge is 0.150 e. The molecule has 14 heavy (non-hydrogen) atoms. The van der Waals surface area contributed by atoms with E-state index in [2.05, 4.69) is 27.8 Å². The van der Waals surface area contributed by atoms with Gasteiger partial charge in [0.05, 0.1) is 0 Å². The van der Waals surface area contributed by atoms with Crippen molar-refractivity contribution in [2.75, 3.05) is 0 Å². The molecule has 0 amide bonds. The van der Waals surface area contributed by atoms with Gasteiger partial charge in [0.2, 0.25) is 0 Å². The molecule has 0 N–H and O–H groups in total. The van der Waals surface area contributed by atoms with E-state index < -0.39 is 0 Å². The molecule has 0 aliphatic rings. The van der Waals surface area contributed by atoms with Crippen LogP contribution in [0.3, 0.4) is 0 Å². The minimum atomic E-state index is 1.05. The fourth-order valence-corrected chi connectivity index (χ4v) is 2.36. The first-order valence-corrected chi connectivity index (χ1v) is 5.88. The van der Waals surface area contributed by atoms with Crippen molar-refractivity contribution in [3.05, 3.63) is 56.7 Å². The highest BCUT2D eigenvalue weighted by atomic mass is 79.9. The van der Waals surface area contributed by atoms with Crippen molar-refractivity contribution < 1.29 is 0 Å². The Labute approximate surface area is 95.7 Å². The Morgan fingerprint density at radius 1 is 1.00 bits per heavy atom. The van der Waals surface area contributed by atoms with Crippen molar-refractivity contribution in [2.45, 2.75) is 0 Å². The van der Waals surface area contributed by atoms with Crippen LogP contribution >= 0.6 is 27.3 Å². The minimum Gasteiger partial charge on any atom is -0.150 e. The first-order valence-electron chi connectivity index (χ1n) is 4.15. The van der Waals surface area contributed by atoms with E-state index in [1.165, 1.54) is 0 Å². The molecule has 0 aliphatic heterocycles. The Bertz CT molecular complexity index is 474. The van der Waals surface area contributed by atoms with Crippen molar-refractivity contribution in [3.8, 4) is 11.8 Å². The molecule has 0 bridgehead atoms. The molecule has 0 atom stereocenters. The maximum Gasteiger partial charge on any atom is 0.0498 e. The van der Waals surface area contributed by atoms with Crippen molar-refractivity contribution >= 4 is 27.3 Å². The second kappa shape index (κ2) is 4.45. The maximum absolute atomic E-state index is 3.45. The van der Waals surface area contributed by atoms with Crippen LogP contribution < -0.4 is 0 Å². The van der Waals surface area contributed by atoms with Gasteiger partial charge >= 0.3 is 0 Å². The first-order chi connectivity index (χ1) is 6.86. The van der Waals surface area contributed by atoms with Crippen LogP contribution in [0.25, 0.3) is 0 Å². The first kappa shape index (κ1) is 9.51. The number of benzene rings is 1. The van der Waals surface area contributed by atoms with Gasteiger partial charge in [-0.2, -0.15) is 0 Å². The number of rotatable bonds is 0. The summed E-state index contributed by atoms with van der Waals surface area (Å²) in [6, 6.07) is 9.99. The van der Waals surface area contributed by atoms with Gasteiger partial charge in [-0.3, -0.25) is 0 Å². The molecule has 0 radical (unpaired) electrons. The van der Waals surface area contributed by atoms with E-state index in [4.69, 9.17) is 0 Å². The van der Waals surface area contributed by atoms with Gasteiger partial charge in [-0.25, -0.2) is 0 Å². The lowest BCUT2D eigenvalue weighted by Crippen LogP contribution is -1.72. The van der Waals surface area contributed by atoms with Crippen LogP contribution in [0.4, 0.5) is 0 Å². The summed E-state index contributed by atoms with van der Waals surface area (Å²) in [7, 11) is 0. The summed E-state index contributed by atoms with van der Waals surface area (Å²) in [5.41, 5.74) is 2.10. The minimum absolute atomic E-state index is 1.05. The highest BCUT2D eigenvalue weighted by Crippen LogP contribution is 2.19. The molecule has 0 aliphatic carbocycles. The summed E-state index contributed by atoms with van der Waals surface area (Å²) < 4.78 is 1.07. The normalized spacial score (nSPS) is 9.21. The quantitative estimate of drug-likeness (QED) is 0.632. The van der Waals surface area contributed by atoms with Gasteiger partial charge in [-0.15, -0.1) is 11.3 Å². The second-order valence-electron chi connectivity index (χ2n) is 2.75. The SMILES string of the molecule is Brc1cscc1C#Cc1ccccc1. The van der Waals surface area contributed by atoms with E-state index in [1.807, 2.05) is 41.1 Å². The van der Waals surface area contributed by atoms with Gasteiger partial charge in [-0.05, 0) is 28.1 Å². The highest BCUT2D eigenvalue weighted by molar-refractivity contribution is 9.10. The van der Waals surface area contributed by atoms with Crippen LogP contribution in [-0.2, 0) is 0 Å². The zero-order chi connectivity index (χ0) is 9.80. The third-order valence-corrected chi connectivity index (χ3v) is 3.43. The average molecular weight is 263 g/mol. The fourth-order valence-electron chi connectivity index (χ4n) is 1.03. The maximum atomic E-state index is 3.45. The van der Waals surface area contributed by atoms with E-state index in [-0.39, 0.29) is 0 Å². The molecular weight excluding hydrogens is 256 g/mol. The summed E-state index contributed by atoms with van der Waals surface area (Å²) in [5.74, 6) is 6.24. The van der Waals surface area contributed by atoms with Crippen molar-refractivity contribution in [1.82, 2.24) is 0 Å². The molecule has 0 unspecified atom stereocenters. The lowest BCUT2D eigenvalue weighted by Gasteiger charge is -1.86. The Balaban J connectivity index is 2.28. The average Bonchev–Trinajstić information content (AvgIpc) is 2.63. The van der Waals surface area contributed by atoms with E-state index in [0.717, 1.165) is 15.6 Å². The molecule has 2 rings (SSSR count). The summed E-state index contributed by atoms with van der Waals surface area (Å²) in [6.45, 7) is 0. The molecular formula is C12H7BrS. The summed E-state index contributed by atoms with van der Waals surface area (Å²) in [5, 5.41) is 4.08. The lowest BCUT2D eigenvalue weighted by molar-refractivity contribution is 1.64. The molecule has 0 spiro atoms. The zero-order valence-corrected chi connectivity index (χ0v) is 9.73. The lowest BCUT2D eigenvalue weighted by atomic mass is 10.2. The predicted octanol–water partition coefficient (Wildman–Crippen LogP) is 3.91. The predicted molar refractivity (Wildman–Crippen MR) is 64.4 cm³/mol. The van der Waals surface area contributed by atoms with Crippen LogP contribution in [-0.4, -0.2) is 0 Å². The Morgan fingerprint density at radius 2 is 1.79 bits per heavy atom. The van der Waals surface area contributed by atoms with Gasteiger partial charge in [0.15, 0.2) is 0 Å². The zero-order valence-electron chi connectivity index (χ0n) is 7.33.